The minimum atomic E-state index is -0.0601. The zero-order valence-electron chi connectivity index (χ0n) is 14.2. The predicted octanol–water partition coefficient (Wildman–Crippen LogP) is 4.80. The summed E-state index contributed by atoms with van der Waals surface area (Å²) < 4.78 is 5.85. The first kappa shape index (κ1) is 17.8. The van der Waals surface area contributed by atoms with Crippen LogP contribution in [0.1, 0.15) is 18.4 Å². The second-order valence-corrected chi connectivity index (χ2v) is 6.83. The molecule has 2 aromatic carbocycles. The van der Waals surface area contributed by atoms with Crippen molar-refractivity contribution in [2.75, 3.05) is 25.0 Å². The lowest BCUT2D eigenvalue weighted by atomic mass is 9.99. The highest BCUT2D eigenvalue weighted by atomic mass is 35.5. The quantitative estimate of drug-likeness (QED) is 0.834. The number of amides is 2. The van der Waals surface area contributed by atoms with Gasteiger partial charge in [-0.1, -0.05) is 41.9 Å². The van der Waals surface area contributed by atoms with Crippen molar-refractivity contribution in [1.82, 2.24) is 4.90 Å². The van der Waals surface area contributed by atoms with Gasteiger partial charge in [-0.2, -0.15) is 0 Å². The van der Waals surface area contributed by atoms with Gasteiger partial charge in [0.15, 0.2) is 0 Å². The number of rotatable bonds is 5. The lowest BCUT2D eigenvalue weighted by molar-refractivity contribution is 0.0606. The number of likely N-dealkylation sites (tertiary alicyclic amines) is 1. The fourth-order valence-electron chi connectivity index (χ4n) is 3.04. The third-order valence-electron chi connectivity index (χ3n) is 4.37. The standard InChI is InChI=1S/C20H23ClN2O2/c21-18-8-10-19(11-9-18)22-20(24)23-12-4-7-17(13-23)15-25-14-16-5-2-1-3-6-16/h1-3,5-6,8-11,17H,4,7,12-15H2,(H,22,24). The van der Waals surface area contributed by atoms with Gasteiger partial charge < -0.3 is 15.0 Å². The Kier molecular flexibility index (Phi) is 6.31. The van der Waals surface area contributed by atoms with Crippen LogP contribution in [0.4, 0.5) is 10.5 Å². The Labute approximate surface area is 153 Å². The normalized spacial score (nSPS) is 17.3. The minimum Gasteiger partial charge on any atom is -0.376 e. The Balaban J connectivity index is 1.45. The third kappa shape index (κ3) is 5.48. The average Bonchev–Trinajstić information content (AvgIpc) is 2.65. The number of urea groups is 1. The minimum absolute atomic E-state index is 0.0601. The molecule has 4 nitrogen and oxygen atoms in total. The molecule has 1 atom stereocenters. The van der Waals surface area contributed by atoms with Crippen molar-refractivity contribution in [3.05, 3.63) is 65.2 Å². The van der Waals surface area contributed by atoms with Gasteiger partial charge >= 0.3 is 6.03 Å². The van der Waals surface area contributed by atoms with E-state index in [9.17, 15) is 4.79 Å². The van der Waals surface area contributed by atoms with Crippen molar-refractivity contribution >= 4 is 23.3 Å². The zero-order valence-corrected chi connectivity index (χ0v) is 14.9. The van der Waals surface area contributed by atoms with Gasteiger partial charge in [-0.15, -0.1) is 0 Å². The van der Waals surface area contributed by atoms with Crippen molar-refractivity contribution in [2.24, 2.45) is 5.92 Å². The molecule has 1 saturated heterocycles. The van der Waals surface area contributed by atoms with Crippen molar-refractivity contribution in [3.63, 3.8) is 0 Å². The second kappa shape index (κ2) is 8.88. The average molecular weight is 359 g/mol. The summed E-state index contributed by atoms with van der Waals surface area (Å²) in [4.78, 5) is 14.3. The van der Waals surface area contributed by atoms with Crippen LogP contribution in [0.5, 0.6) is 0 Å². The molecule has 0 saturated carbocycles. The van der Waals surface area contributed by atoms with Crippen LogP contribution >= 0.6 is 11.6 Å². The molecule has 1 N–H and O–H groups in total. The maximum absolute atomic E-state index is 12.4. The summed E-state index contributed by atoms with van der Waals surface area (Å²) in [5, 5.41) is 3.59. The number of hydrogen-bond donors (Lipinski definition) is 1. The first-order chi connectivity index (χ1) is 12.2. The van der Waals surface area contributed by atoms with Crippen LogP contribution in [-0.4, -0.2) is 30.6 Å². The van der Waals surface area contributed by atoms with E-state index in [0.29, 0.717) is 24.2 Å². The Morgan fingerprint density at radius 2 is 1.92 bits per heavy atom. The van der Waals surface area contributed by atoms with E-state index in [4.69, 9.17) is 16.3 Å². The Hall–Kier alpha value is -2.04. The molecule has 0 aliphatic carbocycles. The van der Waals surface area contributed by atoms with E-state index in [1.54, 1.807) is 12.1 Å². The molecule has 2 amide bonds. The van der Waals surface area contributed by atoms with Crippen molar-refractivity contribution in [2.45, 2.75) is 19.4 Å². The molecule has 5 heteroatoms. The monoisotopic (exact) mass is 358 g/mol. The van der Waals surface area contributed by atoms with Gasteiger partial charge in [-0.3, -0.25) is 0 Å². The van der Waals surface area contributed by atoms with Gasteiger partial charge in [-0.25, -0.2) is 4.79 Å². The zero-order chi connectivity index (χ0) is 17.5. The van der Waals surface area contributed by atoms with Crippen LogP contribution in [0.3, 0.4) is 0 Å². The van der Waals surface area contributed by atoms with Crippen LogP contribution in [-0.2, 0) is 11.3 Å². The van der Waals surface area contributed by atoms with Gasteiger partial charge in [0.1, 0.15) is 0 Å². The fraction of sp³-hybridized carbons (Fsp3) is 0.350. The van der Waals surface area contributed by atoms with E-state index < -0.39 is 0 Å². The number of nitrogens with one attached hydrogen (secondary N) is 1. The highest BCUT2D eigenvalue weighted by Crippen LogP contribution is 2.19. The maximum Gasteiger partial charge on any atom is 0.321 e. The number of carbonyl (C=O) groups excluding carboxylic acids is 1. The predicted molar refractivity (Wildman–Crippen MR) is 101 cm³/mol. The number of carbonyl (C=O) groups is 1. The molecule has 2 aromatic rings. The van der Waals surface area contributed by atoms with Crippen LogP contribution in [0.15, 0.2) is 54.6 Å². The number of ether oxygens (including phenoxy) is 1. The largest absolute Gasteiger partial charge is 0.376 e. The van der Waals surface area contributed by atoms with Gasteiger partial charge in [-0.05, 0) is 42.7 Å². The molecule has 1 heterocycles. The van der Waals surface area contributed by atoms with Gasteiger partial charge in [0.25, 0.3) is 0 Å². The fourth-order valence-corrected chi connectivity index (χ4v) is 3.16. The number of halogens is 1. The number of hydrogen-bond acceptors (Lipinski definition) is 2. The molecule has 0 spiro atoms. The highest BCUT2D eigenvalue weighted by Gasteiger charge is 2.23. The molecule has 132 valence electrons. The van der Waals surface area contributed by atoms with Gasteiger partial charge in [0, 0.05) is 29.7 Å². The van der Waals surface area contributed by atoms with Crippen LogP contribution < -0.4 is 5.32 Å². The summed E-state index contributed by atoms with van der Waals surface area (Å²) in [6, 6.07) is 17.3. The van der Waals surface area contributed by atoms with Crippen LogP contribution in [0, 0.1) is 5.92 Å². The van der Waals surface area contributed by atoms with E-state index in [2.05, 4.69) is 17.4 Å². The molecule has 0 aromatic heterocycles. The Bertz CT molecular complexity index is 676. The molecule has 1 unspecified atom stereocenters. The molecule has 0 radical (unpaired) electrons. The van der Waals surface area contributed by atoms with E-state index >= 15 is 0 Å². The number of benzene rings is 2. The summed E-state index contributed by atoms with van der Waals surface area (Å²) in [6.45, 7) is 2.82. The lowest BCUT2D eigenvalue weighted by Crippen LogP contribution is -2.43. The lowest BCUT2D eigenvalue weighted by Gasteiger charge is -2.32. The summed E-state index contributed by atoms with van der Waals surface area (Å²) in [7, 11) is 0. The summed E-state index contributed by atoms with van der Waals surface area (Å²) >= 11 is 5.87. The molecule has 1 aliphatic rings. The maximum atomic E-state index is 12.4. The summed E-state index contributed by atoms with van der Waals surface area (Å²) in [5.74, 6) is 0.383. The first-order valence-electron chi connectivity index (χ1n) is 8.64. The number of piperidine rings is 1. The second-order valence-electron chi connectivity index (χ2n) is 6.39. The van der Waals surface area contributed by atoms with E-state index in [-0.39, 0.29) is 6.03 Å². The number of nitrogens with zero attached hydrogens (tertiary/aromatic N) is 1. The molecule has 25 heavy (non-hydrogen) atoms. The summed E-state index contributed by atoms with van der Waals surface area (Å²) in [5.41, 5.74) is 1.94. The van der Waals surface area contributed by atoms with Crippen molar-refractivity contribution < 1.29 is 9.53 Å². The molecular formula is C20H23ClN2O2. The Morgan fingerprint density at radius 1 is 1.16 bits per heavy atom. The van der Waals surface area contributed by atoms with E-state index in [0.717, 1.165) is 31.6 Å². The third-order valence-corrected chi connectivity index (χ3v) is 4.62. The smallest absolute Gasteiger partial charge is 0.321 e. The van der Waals surface area contributed by atoms with Crippen LogP contribution in [0.25, 0.3) is 0 Å². The van der Waals surface area contributed by atoms with Gasteiger partial charge in [0.05, 0.1) is 13.2 Å². The van der Waals surface area contributed by atoms with E-state index in [1.165, 1.54) is 5.56 Å². The van der Waals surface area contributed by atoms with Gasteiger partial charge in [0.2, 0.25) is 0 Å². The van der Waals surface area contributed by atoms with Crippen molar-refractivity contribution in [1.29, 1.82) is 0 Å². The highest BCUT2D eigenvalue weighted by molar-refractivity contribution is 6.30. The first-order valence-corrected chi connectivity index (χ1v) is 9.01. The molecule has 0 bridgehead atoms. The Morgan fingerprint density at radius 3 is 2.68 bits per heavy atom. The van der Waals surface area contributed by atoms with E-state index in [1.807, 2.05) is 35.2 Å². The number of anilines is 1. The SMILES string of the molecule is O=C(Nc1ccc(Cl)cc1)N1CCCC(COCc2ccccc2)C1. The van der Waals surface area contributed by atoms with Crippen molar-refractivity contribution in [3.8, 4) is 0 Å². The summed E-state index contributed by atoms with van der Waals surface area (Å²) in [6.07, 6.45) is 2.10. The molecule has 1 aliphatic heterocycles. The molecule has 3 rings (SSSR count). The molecular weight excluding hydrogens is 336 g/mol. The topological polar surface area (TPSA) is 41.6 Å². The molecule has 1 fully saturated rings. The van der Waals surface area contributed by atoms with Crippen LogP contribution in [0.2, 0.25) is 5.02 Å².